The highest BCUT2D eigenvalue weighted by Crippen LogP contribution is 2.21. The molecule has 2 aromatic carbocycles. The first kappa shape index (κ1) is 20.9. The van der Waals surface area contributed by atoms with Gasteiger partial charge in [0, 0.05) is 19.6 Å². The molecular weight excluding hydrogens is 403 g/mol. The van der Waals surface area contributed by atoms with E-state index in [1.54, 1.807) is 18.2 Å². The molecular formula is C19H23FN2O4S2. The zero-order valence-electron chi connectivity index (χ0n) is 15.3. The maximum Gasteiger partial charge on any atom is 0.243 e. The number of sulfonamides is 2. The lowest BCUT2D eigenvalue weighted by Crippen LogP contribution is -2.35. The Morgan fingerprint density at radius 1 is 0.893 bits per heavy atom. The Balaban J connectivity index is 1.62. The van der Waals surface area contributed by atoms with Gasteiger partial charge in [-0.1, -0.05) is 30.7 Å². The fraction of sp³-hybridized carbons (Fsp3) is 0.368. The second-order valence-electron chi connectivity index (χ2n) is 6.82. The first-order chi connectivity index (χ1) is 13.3. The summed E-state index contributed by atoms with van der Waals surface area (Å²) in [6.07, 6.45) is 2.77. The van der Waals surface area contributed by atoms with Crippen LogP contribution in [-0.4, -0.2) is 34.2 Å². The summed E-state index contributed by atoms with van der Waals surface area (Å²) in [4.78, 5) is 0.209. The fourth-order valence-electron chi connectivity index (χ4n) is 3.12. The van der Waals surface area contributed by atoms with E-state index >= 15 is 0 Å². The minimum atomic E-state index is -3.65. The average molecular weight is 427 g/mol. The number of halogens is 1. The topological polar surface area (TPSA) is 83.5 Å². The largest absolute Gasteiger partial charge is 0.243 e. The van der Waals surface area contributed by atoms with E-state index in [1.807, 2.05) is 0 Å². The number of benzene rings is 2. The molecule has 3 rings (SSSR count). The van der Waals surface area contributed by atoms with Crippen molar-refractivity contribution in [3.8, 4) is 0 Å². The van der Waals surface area contributed by atoms with Crippen molar-refractivity contribution in [3.63, 3.8) is 0 Å². The van der Waals surface area contributed by atoms with Crippen LogP contribution in [0.15, 0.2) is 53.4 Å². The van der Waals surface area contributed by atoms with E-state index < -0.39 is 25.9 Å². The lowest BCUT2D eigenvalue weighted by Gasteiger charge is -2.25. The van der Waals surface area contributed by atoms with Gasteiger partial charge < -0.3 is 0 Å². The highest BCUT2D eigenvalue weighted by molar-refractivity contribution is 7.89. The van der Waals surface area contributed by atoms with E-state index in [-0.39, 0.29) is 17.2 Å². The molecule has 0 radical (unpaired) electrons. The highest BCUT2D eigenvalue weighted by atomic mass is 32.2. The Morgan fingerprint density at radius 2 is 1.57 bits per heavy atom. The monoisotopic (exact) mass is 426 g/mol. The van der Waals surface area contributed by atoms with Gasteiger partial charge in [-0.05, 0) is 48.2 Å². The summed E-state index contributed by atoms with van der Waals surface area (Å²) in [6, 6.07) is 11.6. The van der Waals surface area contributed by atoms with Crippen molar-refractivity contribution >= 4 is 20.0 Å². The summed E-state index contributed by atoms with van der Waals surface area (Å²) in [5.74, 6) is -0.815. The van der Waals surface area contributed by atoms with Crippen LogP contribution in [0.5, 0.6) is 0 Å². The van der Waals surface area contributed by atoms with E-state index in [0.717, 1.165) is 19.3 Å². The van der Waals surface area contributed by atoms with E-state index in [9.17, 15) is 21.2 Å². The Bertz CT molecular complexity index is 1020. The smallest absolute Gasteiger partial charge is 0.212 e. The molecule has 2 aromatic rings. The zero-order valence-corrected chi connectivity index (χ0v) is 17.0. The summed E-state index contributed by atoms with van der Waals surface area (Å²) in [5, 5.41) is 0. The molecule has 9 heteroatoms. The van der Waals surface area contributed by atoms with Gasteiger partial charge in [0.15, 0.2) is 0 Å². The number of hydrogen-bond acceptors (Lipinski definition) is 4. The molecule has 0 bridgehead atoms. The molecule has 0 aliphatic carbocycles. The molecule has 0 saturated carbocycles. The Morgan fingerprint density at radius 3 is 2.21 bits per heavy atom. The van der Waals surface area contributed by atoms with Crippen molar-refractivity contribution in [1.29, 1.82) is 0 Å². The van der Waals surface area contributed by atoms with Crippen LogP contribution in [0.4, 0.5) is 4.39 Å². The van der Waals surface area contributed by atoms with Crippen molar-refractivity contribution in [2.24, 2.45) is 0 Å². The third kappa shape index (κ3) is 5.38. The summed E-state index contributed by atoms with van der Waals surface area (Å²) in [5.41, 5.74) is 0.996. The van der Waals surface area contributed by atoms with Crippen molar-refractivity contribution in [2.45, 2.75) is 36.5 Å². The number of nitrogens with one attached hydrogen (secondary N) is 1. The van der Waals surface area contributed by atoms with Crippen molar-refractivity contribution in [1.82, 2.24) is 9.03 Å². The lowest BCUT2D eigenvalue weighted by atomic mass is 10.2. The van der Waals surface area contributed by atoms with Crippen molar-refractivity contribution in [2.75, 3.05) is 13.1 Å². The van der Waals surface area contributed by atoms with E-state index in [2.05, 4.69) is 4.72 Å². The van der Waals surface area contributed by atoms with Crippen molar-refractivity contribution in [3.05, 3.63) is 65.5 Å². The number of hydrogen-bond donors (Lipinski definition) is 1. The average Bonchev–Trinajstić information content (AvgIpc) is 2.67. The molecule has 1 aliphatic heterocycles. The van der Waals surface area contributed by atoms with Crippen LogP contribution in [0.3, 0.4) is 0 Å². The molecule has 0 spiro atoms. The number of rotatable bonds is 7. The standard InChI is InChI=1S/C19H23FN2O4S2/c20-18-6-4-5-17(13-18)15-27(23,24)21-14-16-7-9-19(10-8-16)28(25,26)22-11-2-1-3-12-22/h4-10,13,21H,1-3,11-12,14-15H2. The quantitative estimate of drug-likeness (QED) is 0.738. The molecule has 1 N–H and O–H groups in total. The molecule has 1 fully saturated rings. The molecule has 0 aromatic heterocycles. The third-order valence-electron chi connectivity index (χ3n) is 4.62. The summed E-state index contributed by atoms with van der Waals surface area (Å²) in [6.45, 7) is 1.09. The maximum absolute atomic E-state index is 13.2. The molecule has 1 aliphatic rings. The van der Waals surface area contributed by atoms with Gasteiger partial charge in [0.2, 0.25) is 20.0 Å². The zero-order chi connectivity index (χ0) is 20.2. The van der Waals surface area contributed by atoms with Crippen LogP contribution >= 0.6 is 0 Å². The van der Waals surface area contributed by atoms with Gasteiger partial charge >= 0.3 is 0 Å². The van der Waals surface area contributed by atoms with Gasteiger partial charge in [-0.15, -0.1) is 0 Å². The highest BCUT2D eigenvalue weighted by Gasteiger charge is 2.25. The predicted octanol–water partition coefficient (Wildman–Crippen LogP) is 2.62. The minimum absolute atomic E-state index is 0.0295. The van der Waals surface area contributed by atoms with Crippen LogP contribution in [0.25, 0.3) is 0 Å². The molecule has 1 heterocycles. The summed E-state index contributed by atoms with van der Waals surface area (Å²) in [7, 11) is -7.16. The molecule has 152 valence electrons. The van der Waals surface area contributed by atoms with Gasteiger partial charge in [-0.2, -0.15) is 4.31 Å². The second-order valence-corrected chi connectivity index (χ2v) is 10.6. The van der Waals surface area contributed by atoms with Gasteiger partial charge in [0.1, 0.15) is 5.82 Å². The van der Waals surface area contributed by atoms with Crippen molar-refractivity contribution < 1.29 is 21.2 Å². The Hall–Kier alpha value is -1.81. The van der Waals surface area contributed by atoms with Crippen LogP contribution in [0.1, 0.15) is 30.4 Å². The van der Waals surface area contributed by atoms with Crippen LogP contribution in [0.2, 0.25) is 0 Å². The van der Waals surface area contributed by atoms with E-state index in [0.29, 0.717) is 24.2 Å². The van der Waals surface area contributed by atoms with Crippen LogP contribution < -0.4 is 4.72 Å². The molecule has 0 atom stereocenters. The molecule has 0 unspecified atom stereocenters. The first-order valence-electron chi connectivity index (χ1n) is 9.07. The number of piperidine rings is 1. The van der Waals surface area contributed by atoms with Crippen LogP contribution in [-0.2, 0) is 32.3 Å². The van der Waals surface area contributed by atoms with E-state index in [1.165, 1.54) is 34.6 Å². The lowest BCUT2D eigenvalue weighted by molar-refractivity contribution is 0.346. The maximum atomic E-state index is 13.2. The summed E-state index contributed by atoms with van der Waals surface area (Å²) < 4.78 is 66.8. The fourth-order valence-corrected chi connectivity index (χ4v) is 5.75. The second kappa shape index (κ2) is 8.69. The van der Waals surface area contributed by atoms with Gasteiger partial charge in [-0.3, -0.25) is 0 Å². The molecule has 1 saturated heterocycles. The number of nitrogens with zero attached hydrogens (tertiary/aromatic N) is 1. The van der Waals surface area contributed by atoms with Gasteiger partial charge in [-0.25, -0.2) is 25.9 Å². The summed E-state index contributed by atoms with van der Waals surface area (Å²) >= 11 is 0. The Kier molecular flexibility index (Phi) is 6.49. The molecule has 0 amide bonds. The first-order valence-corrected chi connectivity index (χ1v) is 12.2. The SMILES string of the molecule is O=S(=O)(Cc1cccc(F)c1)NCc1ccc(S(=O)(=O)N2CCCCC2)cc1. The van der Waals surface area contributed by atoms with Gasteiger partial charge in [0.05, 0.1) is 10.6 Å². The molecule has 28 heavy (non-hydrogen) atoms. The predicted molar refractivity (Wildman–Crippen MR) is 105 cm³/mol. The van der Waals surface area contributed by atoms with E-state index in [4.69, 9.17) is 0 Å². The normalized spacial score (nSPS) is 16.2. The minimum Gasteiger partial charge on any atom is -0.212 e. The van der Waals surface area contributed by atoms with Gasteiger partial charge in [0.25, 0.3) is 0 Å². The molecule has 6 nitrogen and oxygen atoms in total. The van der Waals surface area contributed by atoms with Crippen LogP contribution in [0, 0.1) is 5.82 Å². The Labute approximate surface area is 165 Å². The third-order valence-corrected chi connectivity index (χ3v) is 7.83.